The summed E-state index contributed by atoms with van der Waals surface area (Å²) < 4.78 is 0. The van der Waals surface area contributed by atoms with Crippen molar-refractivity contribution in [2.45, 2.75) is 19.4 Å². The number of halogens is 1. The molecule has 0 radical (unpaired) electrons. The van der Waals surface area contributed by atoms with Crippen LogP contribution in [0, 0.1) is 6.92 Å². The van der Waals surface area contributed by atoms with E-state index in [1.807, 2.05) is 31.2 Å². The number of carbonyl (C=O) groups is 1. The molecule has 0 saturated carbocycles. The summed E-state index contributed by atoms with van der Waals surface area (Å²) in [5.74, 6) is -0.00696. The van der Waals surface area contributed by atoms with Gasteiger partial charge in [0.15, 0.2) is 0 Å². The quantitative estimate of drug-likeness (QED) is 0.891. The number of nitrogens with one attached hydrogen (secondary N) is 1. The van der Waals surface area contributed by atoms with Crippen LogP contribution in [0.25, 0.3) is 0 Å². The first-order valence-corrected chi connectivity index (χ1v) is 6.80. The van der Waals surface area contributed by atoms with Crippen LogP contribution in [-0.2, 0) is 11.2 Å². The lowest BCUT2D eigenvalue weighted by Gasteiger charge is -2.15. The zero-order valence-corrected chi connectivity index (χ0v) is 11.7. The first kappa shape index (κ1) is 13.2. The van der Waals surface area contributed by atoms with Gasteiger partial charge in [0.05, 0.1) is 6.42 Å². The van der Waals surface area contributed by atoms with Crippen LogP contribution < -0.4 is 5.32 Å². The molecule has 2 N–H and O–H groups in total. The summed E-state index contributed by atoms with van der Waals surface area (Å²) in [6.45, 7) is 1.92. The maximum absolute atomic E-state index is 11.5. The Morgan fingerprint density at radius 3 is 2.80 bits per heavy atom. The number of aryl methyl sites for hydroxylation is 1. The Kier molecular flexibility index (Phi) is 3.24. The van der Waals surface area contributed by atoms with Gasteiger partial charge >= 0.3 is 0 Å². The number of aliphatic hydroxyl groups is 1. The molecule has 1 aliphatic rings. The third-order valence-corrected chi connectivity index (χ3v) is 3.91. The highest BCUT2D eigenvalue weighted by atomic mass is 35.5. The number of fused-ring (bicyclic) bond motifs is 1. The molecule has 1 heterocycles. The van der Waals surface area contributed by atoms with Gasteiger partial charge in [0.1, 0.15) is 6.10 Å². The zero-order valence-electron chi connectivity index (χ0n) is 11.0. The summed E-state index contributed by atoms with van der Waals surface area (Å²) >= 11 is 6.12. The topological polar surface area (TPSA) is 49.3 Å². The minimum atomic E-state index is -0.789. The van der Waals surface area contributed by atoms with Gasteiger partial charge < -0.3 is 10.4 Å². The van der Waals surface area contributed by atoms with E-state index < -0.39 is 6.10 Å². The Hall–Kier alpha value is -1.84. The Morgan fingerprint density at radius 2 is 2.05 bits per heavy atom. The van der Waals surface area contributed by atoms with E-state index in [1.54, 1.807) is 12.1 Å². The van der Waals surface area contributed by atoms with Crippen LogP contribution in [0.15, 0.2) is 36.4 Å². The predicted molar refractivity (Wildman–Crippen MR) is 79.0 cm³/mol. The maximum Gasteiger partial charge on any atom is 0.228 e. The highest BCUT2D eigenvalue weighted by molar-refractivity contribution is 6.31. The second kappa shape index (κ2) is 4.93. The number of carbonyl (C=O) groups excluding carboxylic acids is 1. The molecule has 2 aromatic carbocycles. The molecule has 3 nitrogen and oxygen atoms in total. The van der Waals surface area contributed by atoms with Crippen LogP contribution in [-0.4, -0.2) is 11.0 Å². The Morgan fingerprint density at radius 1 is 1.30 bits per heavy atom. The van der Waals surface area contributed by atoms with Crippen molar-refractivity contribution >= 4 is 23.2 Å². The van der Waals surface area contributed by atoms with E-state index in [4.69, 9.17) is 11.6 Å². The molecule has 0 aliphatic carbocycles. The van der Waals surface area contributed by atoms with Crippen LogP contribution in [0.3, 0.4) is 0 Å². The van der Waals surface area contributed by atoms with Crippen LogP contribution in [0.2, 0.25) is 5.02 Å². The first-order valence-electron chi connectivity index (χ1n) is 6.42. The number of benzene rings is 2. The average Bonchev–Trinajstić information content (AvgIpc) is 2.79. The third kappa shape index (κ3) is 2.19. The first-order chi connectivity index (χ1) is 9.56. The largest absolute Gasteiger partial charge is 0.384 e. The van der Waals surface area contributed by atoms with Gasteiger partial charge in [-0.05, 0) is 29.7 Å². The van der Waals surface area contributed by atoms with Gasteiger partial charge in [-0.15, -0.1) is 0 Å². The van der Waals surface area contributed by atoms with Crippen LogP contribution >= 0.6 is 11.6 Å². The fraction of sp³-hybridized carbons (Fsp3) is 0.188. The smallest absolute Gasteiger partial charge is 0.228 e. The molecule has 0 saturated heterocycles. The van der Waals surface area contributed by atoms with Crippen molar-refractivity contribution in [2.75, 3.05) is 5.32 Å². The molecule has 4 heteroatoms. The number of amides is 1. The normalized spacial score (nSPS) is 14.8. The minimum Gasteiger partial charge on any atom is -0.384 e. The van der Waals surface area contributed by atoms with E-state index in [0.717, 1.165) is 22.4 Å². The summed E-state index contributed by atoms with van der Waals surface area (Å²) in [5.41, 5.74) is 4.17. The molecule has 0 spiro atoms. The molecule has 2 aromatic rings. The molecular formula is C16H14ClNO2. The minimum absolute atomic E-state index is 0.00696. The highest BCUT2D eigenvalue weighted by Crippen LogP contribution is 2.34. The van der Waals surface area contributed by atoms with Gasteiger partial charge in [-0.2, -0.15) is 0 Å². The molecular weight excluding hydrogens is 274 g/mol. The average molecular weight is 288 g/mol. The van der Waals surface area contributed by atoms with Gasteiger partial charge in [0.25, 0.3) is 0 Å². The van der Waals surface area contributed by atoms with Gasteiger partial charge in [-0.3, -0.25) is 4.79 Å². The molecule has 20 heavy (non-hydrogen) atoms. The lowest BCUT2D eigenvalue weighted by molar-refractivity contribution is -0.115. The monoisotopic (exact) mass is 287 g/mol. The molecule has 1 unspecified atom stereocenters. The Balaban J connectivity index is 2.04. The summed E-state index contributed by atoms with van der Waals surface area (Å²) in [7, 11) is 0. The van der Waals surface area contributed by atoms with E-state index in [-0.39, 0.29) is 5.91 Å². The molecule has 1 atom stereocenters. The van der Waals surface area contributed by atoms with Crippen molar-refractivity contribution in [3.8, 4) is 0 Å². The zero-order chi connectivity index (χ0) is 14.3. The van der Waals surface area contributed by atoms with Crippen molar-refractivity contribution in [1.29, 1.82) is 0 Å². The molecule has 1 aliphatic heterocycles. The van der Waals surface area contributed by atoms with Crippen molar-refractivity contribution in [2.24, 2.45) is 0 Å². The maximum atomic E-state index is 11.5. The number of aliphatic hydroxyl groups excluding tert-OH is 1. The van der Waals surface area contributed by atoms with Crippen LogP contribution in [0.4, 0.5) is 5.69 Å². The summed E-state index contributed by atoms with van der Waals surface area (Å²) in [6, 6.07) is 11.0. The SMILES string of the molecule is Cc1cc(C(O)c2ccccc2Cl)cc2c1NC(=O)C2. The lowest BCUT2D eigenvalue weighted by atomic mass is 9.96. The van der Waals surface area contributed by atoms with Crippen LogP contribution in [0.1, 0.15) is 28.4 Å². The van der Waals surface area contributed by atoms with Gasteiger partial charge in [-0.25, -0.2) is 0 Å². The molecule has 0 bridgehead atoms. The second-order valence-electron chi connectivity index (χ2n) is 5.02. The van der Waals surface area contributed by atoms with Crippen molar-refractivity contribution in [3.63, 3.8) is 0 Å². The van der Waals surface area contributed by atoms with Gasteiger partial charge in [-0.1, -0.05) is 41.9 Å². The highest BCUT2D eigenvalue weighted by Gasteiger charge is 2.22. The Labute approximate surface area is 122 Å². The van der Waals surface area contributed by atoms with Crippen molar-refractivity contribution in [3.05, 3.63) is 63.7 Å². The van der Waals surface area contributed by atoms with Gasteiger partial charge in [0, 0.05) is 16.3 Å². The standard InChI is InChI=1S/C16H14ClNO2/c1-9-6-11(7-10-8-14(19)18-15(9)10)16(20)12-4-2-3-5-13(12)17/h2-7,16,20H,8H2,1H3,(H,18,19). The third-order valence-electron chi connectivity index (χ3n) is 3.57. The van der Waals surface area contributed by atoms with E-state index in [2.05, 4.69) is 5.32 Å². The van der Waals surface area contributed by atoms with E-state index in [0.29, 0.717) is 17.0 Å². The van der Waals surface area contributed by atoms with Gasteiger partial charge in [0.2, 0.25) is 5.91 Å². The number of hydrogen-bond donors (Lipinski definition) is 2. The summed E-state index contributed by atoms with van der Waals surface area (Å²) in [4.78, 5) is 11.5. The molecule has 3 rings (SSSR count). The fourth-order valence-electron chi connectivity index (χ4n) is 2.60. The molecule has 102 valence electrons. The van der Waals surface area contributed by atoms with Crippen molar-refractivity contribution in [1.82, 2.24) is 0 Å². The number of anilines is 1. The predicted octanol–water partition coefficient (Wildman–Crippen LogP) is 3.22. The van der Waals surface area contributed by atoms with Crippen molar-refractivity contribution < 1.29 is 9.90 Å². The van der Waals surface area contributed by atoms with E-state index in [1.165, 1.54) is 0 Å². The molecule has 0 fully saturated rings. The number of rotatable bonds is 2. The Bertz CT molecular complexity index is 697. The fourth-order valence-corrected chi connectivity index (χ4v) is 2.84. The molecule has 1 amide bonds. The second-order valence-corrected chi connectivity index (χ2v) is 5.43. The van der Waals surface area contributed by atoms with E-state index in [9.17, 15) is 9.90 Å². The number of hydrogen-bond acceptors (Lipinski definition) is 2. The summed E-state index contributed by atoms with van der Waals surface area (Å²) in [5, 5.41) is 13.9. The molecule has 0 aromatic heterocycles. The van der Waals surface area contributed by atoms with Crippen LogP contribution in [0.5, 0.6) is 0 Å². The summed E-state index contributed by atoms with van der Waals surface area (Å²) in [6.07, 6.45) is -0.428. The van der Waals surface area contributed by atoms with E-state index >= 15 is 0 Å². The lowest BCUT2D eigenvalue weighted by Crippen LogP contribution is -2.04.